The second-order valence-electron chi connectivity index (χ2n) is 8.36. The molecule has 0 amide bonds. The minimum Gasteiger partial charge on any atom is -0.473 e. The van der Waals surface area contributed by atoms with E-state index in [1.807, 2.05) is 66.7 Å². The average molecular weight is 434 g/mol. The Morgan fingerprint density at radius 3 is 1.85 bits per heavy atom. The van der Waals surface area contributed by atoms with Gasteiger partial charge in [0.1, 0.15) is 23.5 Å². The summed E-state index contributed by atoms with van der Waals surface area (Å²) in [5.41, 5.74) is 6.79. The highest BCUT2D eigenvalue weighted by Gasteiger charge is 2.38. The molecule has 1 aliphatic heterocycles. The molecule has 0 N–H and O–H groups in total. The lowest BCUT2D eigenvalue weighted by atomic mass is 9.83. The van der Waals surface area contributed by atoms with Crippen LogP contribution in [0, 0.1) is 22.7 Å². The SMILES string of the molecule is N#CC(C#N)=C1c2ccccc2-c2cc3c(cc21)OC(c1ccccc1)(c1ccccc1)C=C3. The van der Waals surface area contributed by atoms with Crippen molar-refractivity contribution in [1.82, 2.24) is 0 Å². The van der Waals surface area contributed by atoms with Crippen molar-refractivity contribution < 1.29 is 4.74 Å². The van der Waals surface area contributed by atoms with Crippen LogP contribution in [0.15, 0.2) is 109 Å². The van der Waals surface area contributed by atoms with Crippen molar-refractivity contribution in [1.29, 1.82) is 10.5 Å². The van der Waals surface area contributed by atoms with Crippen LogP contribution in [0.5, 0.6) is 5.75 Å². The molecule has 0 unspecified atom stereocenters. The van der Waals surface area contributed by atoms with E-state index in [1.54, 1.807) is 0 Å². The highest BCUT2D eigenvalue weighted by molar-refractivity contribution is 6.05. The van der Waals surface area contributed by atoms with Gasteiger partial charge in [0.2, 0.25) is 0 Å². The third-order valence-electron chi connectivity index (χ3n) is 6.55. The fraction of sp³-hybridized carbons (Fsp3) is 0.0323. The summed E-state index contributed by atoms with van der Waals surface area (Å²) in [7, 11) is 0. The number of ether oxygens (including phenoxy) is 1. The lowest BCUT2D eigenvalue weighted by Crippen LogP contribution is -2.34. The van der Waals surface area contributed by atoms with Crippen LogP contribution in [-0.2, 0) is 5.60 Å². The number of nitriles is 2. The summed E-state index contributed by atoms with van der Waals surface area (Å²) in [6.07, 6.45) is 4.22. The number of benzene rings is 4. The van der Waals surface area contributed by atoms with E-state index in [4.69, 9.17) is 4.74 Å². The van der Waals surface area contributed by atoms with Crippen molar-refractivity contribution in [2.75, 3.05) is 0 Å². The molecule has 4 aromatic rings. The topological polar surface area (TPSA) is 56.8 Å². The summed E-state index contributed by atoms with van der Waals surface area (Å²) in [6.45, 7) is 0. The lowest BCUT2D eigenvalue weighted by Gasteiger charge is -2.36. The van der Waals surface area contributed by atoms with Crippen LogP contribution in [0.2, 0.25) is 0 Å². The molecular weight excluding hydrogens is 416 g/mol. The maximum atomic E-state index is 9.68. The first-order valence-electron chi connectivity index (χ1n) is 11.1. The van der Waals surface area contributed by atoms with Gasteiger partial charge < -0.3 is 4.74 Å². The van der Waals surface area contributed by atoms with Gasteiger partial charge in [-0.1, -0.05) is 91.0 Å². The second-order valence-corrected chi connectivity index (χ2v) is 8.36. The van der Waals surface area contributed by atoms with E-state index < -0.39 is 5.60 Å². The zero-order chi connectivity index (χ0) is 23.1. The molecule has 3 nitrogen and oxygen atoms in total. The molecule has 3 heteroatoms. The third-order valence-corrected chi connectivity index (χ3v) is 6.55. The van der Waals surface area contributed by atoms with Gasteiger partial charge >= 0.3 is 0 Å². The Labute approximate surface area is 198 Å². The maximum absolute atomic E-state index is 9.68. The zero-order valence-corrected chi connectivity index (χ0v) is 18.2. The molecule has 2 aliphatic rings. The molecule has 158 valence electrons. The standard InChI is InChI=1S/C31H18N2O/c32-19-22(20-33)30-26-14-8-7-13-25(26)27-17-21-15-16-31(23-9-3-1-4-10-23,24-11-5-2-6-12-24)34-29(21)18-28(27)30/h1-18H. The molecule has 0 saturated carbocycles. The molecule has 0 spiro atoms. The summed E-state index contributed by atoms with van der Waals surface area (Å²) in [4.78, 5) is 0. The van der Waals surface area contributed by atoms with Crippen LogP contribution in [0.4, 0.5) is 0 Å². The van der Waals surface area contributed by atoms with E-state index in [1.165, 1.54) is 0 Å². The highest BCUT2D eigenvalue weighted by atomic mass is 16.5. The van der Waals surface area contributed by atoms with Gasteiger partial charge in [0, 0.05) is 22.3 Å². The number of allylic oxidation sites excluding steroid dienone is 1. The molecule has 0 radical (unpaired) electrons. The number of nitrogens with zero attached hydrogens (tertiary/aromatic N) is 2. The summed E-state index contributed by atoms with van der Waals surface area (Å²) in [6, 6.07) is 36.5. The smallest absolute Gasteiger partial charge is 0.178 e. The second kappa shape index (κ2) is 7.62. The van der Waals surface area contributed by atoms with Crippen LogP contribution in [-0.4, -0.2) is 0 Å². The van der Waals surface area contributed by atoms with Gasteiger partial charge in [0.15, 0.2) is 5.60 Å². The fourth-order valence-corrected chi connectivity index (χ4v) is 5.00. The molecule has 0 atom stereocenters. The van der Waals surface area contributed by atoms with Crippen molar-refractivity contribution in [3.8, 4) is 29.0 Å². The molecule has 0 bridgehead atoms. The Kier molecular flexibility index (Phi) is 4.44. The van der Waals surface area contributed by atoms with Gasteiger partial charge in [-0.3, -0.25) is 0 Å². The molecular formula is C31H18N2O. The molecule has 1 aliphatic carbocycles. The third kappa shape index (κ3) is 2.82. The number of fused-ring (bicyclic) bond motifs is 4. The van der Waals surface area contributed by atoms with Gasteiger partial charge in [-0.05, 0) is 40.5 Å². The van der Waals surface area contributed by atoms with Crippen LogP contribution in [0.1, 0.15) is 27.8 Å². The Morgan fingerprint density at radius 1 is 0.647 bits per heavy atom. The number of hydrogen-bond acceptors (Lipinski definition) is 3. The minimum absolute atomic E-state index is 0.106. The molecule has 0 fully saturated rings. The van der Waals surface area contributed by atoms with Gasteiger partial charge in [-0.15, -0.1) is 0 Å². The van der Waals surface area contributed by atoms with E-state index in [9.17, 15) is 10.5 Å². The largest absolute Gasteiger partial charge is 0.473 e. The molecule has 6 rings (SSSR count). The van der Waals surface area contributed by atoms with Crippen molar-refractivity contribution in [2.45, 2.75) is 5.60 Å². The first kappa shape index (κ1) is 19.8. The fourth-order valence-electron chi connectivity index (χ4n) is 5.00. The Hall–Kier alpha value is -4.86. The first-order valence-corrected chi connectivity index (χ1v) is 11.1. The zero-order valence-electron chi connectivity index (χ0n) is 18.2. The normalized spacial score (nSPS) is 14.1. The Morgan fingerprint density at radius 2 is 1.24 bits per heavy atom. The minimum atomic E-state index is -0.785. The summed E-state index contributed by atoms with van der Waals surface area (Å²) in [5, 5.41) is 19.4. The van der Waals surface area contributed by atoms with E-state index in [2.05, 4.69) is 54.6 Å². The number of rotatable bonds is 2. The summed E-state index contributed by atoms with van der Waals surface area (Å²) in [5.74, 6) is 0.717. The first-order chi connectivity index (χ1) is 16.7. The van der Waals surface area contributed by atoms with E-state index in [0.29, 0.717) is 5.57 Å². The predicted molar refractivity (Wildman–Crippen MR) is 132 cm³/mol. The van der Waals surface area contributed by atoms with Crippen LogP contribution < -0.4 is 4.74 Å². The van der Waals surface area contributed by atoms with Gasteiger partial charge in [-0.2, -0.15) is 10.5 Å². The Balaban J connectivity index is 1.59. The monoisotopic (exact) mass is 434 g/mol. The Bertz CT molecular complexity index is 1530. The average Bonchev–Trinajstić information content (AvgIpc) is 3.22. The van der Waals surface area contributed by atoms with Crippen molar-refractivity contribution >= 4 is 11.6 Å². The van der Waals surface area contributed by atoms with E-state index in [0.717, 1.165) is 44.7 Å². The summed E-state index contributed by atoms with van der Waals surface area (Å²) < 4.78 is 6.84. The van der Waals surface area contributed by atoms with E-state index in [-0.39, 0.29) is 5.57 Å². The molecule has 4 aromatic carbocycles. The van der Waals surface area contributed by atoms with Crippen molar-refractivity contribution in [3.63, 3.8) is 0 Å². The van der Waals surface area contributed by atoms with Crippen LogP contribution >= 0.6 is 0 Å². The predicted octanol–water partition coefficient (Wildman–Crippen LogP) is 6.87. The van der Waals surface area contributed by atoms with Crippen molar-refractivity contribution in [2.24, 2.45) is 0 Å². The van der Waals surface area contributed by atoms with Gasteiger partial charge in [-0.25, -0.2) is 0 Å². The van der Waals surface area contributed by atoms with Crippen LogP contribution in [0.25, 0.3) is 22.8 Å². The maximum Gasteiger partial charge on any atom is 0.178 e. The highest BCUT2D eigenvalue weighted by Crippen LogP contribution is 2.50. The van der Waals surface area contributed by atoms with Gasteiger partial charge in [0.25, 0.3) is 0 Å². The van der Waals surface area contributed by atoms with Gasteiger partial charge in [0.05, 0.1) is 0 Å². The van der Waals surface area contributed by atoms with E-state index >= 15 is 0 Å². The molecule has 0 saturated heterocycles. The number of hydrogen-bond donors (Lipinski definition) is 0. The van der Waals surface area contributed by atoms with Crippen molar-refractivity contribution in [3.05, 3.63) is 137 Å². The lowest BCUT2D eigenvalue weighted by molar-refractivity contribution is 0.161. The van der Waals surface area contributed by atoms with Crippen LogP contribution in [0.3, 0.4) is 0 Å². The summed E-state index contributed by atoms with van der Waals surface area (Å²) >= 11 is 0. The molecule has 34 heavy (non-hydrogen) atoms. The molecule has 1 heterocycles. The molecule has 0 aromatic heterocycles. The quantitative estimate of drug-likeness (QED) is 0.285.